The minimum Gasteiger partial charge on any atom is -0.378 e. The molecule has 2 amide bonds. The van der Waals surface area contributed by atoms with Crippen LogP contribution in [0.2, 0.25) is 0 Å². The van der Waals surface area contributed by atoms with E-state index in [2.05, 4.69) is 22.6 Å². The van der Waals surface area contributed by atoms with Crippen molar-refractivity contribution in [3.8, 4) is 5.69 Å². The molecule has 1 saturated heterocycles. The lowest BCUT2D eigenvalue weighted by molar-refractivity contribution is 0.0446. The first kappa shape index (κ1) is 17.4. The van der Waals surface area contributed by atoms with Crippen LogP contribution in [0.1, 0.15) is 32.6 Å². The van der Waals surface area contributed by atoms with Crippen LogP contribution >= 0.6 is 0 Å². The highest BCUT2D eigenvalue weighted by molar-refractivity contribution is 5.89. The van der Waals surface area contributed by atoms with Crippen LogP contribution in [0.25, 0.3) is 5.69 Å². The minimum atomic E-state index is -0.0631. The Labute approximate surface area is 148 Å². The summed E-state index contributed by atoms with van der Waals surface area (Å²) >= 11 is 0. The molecule has 25 heavy (non-hydrogen) atoms. The number of benzene rings is 1. The molecule has 1 aromatic carbocycles. The van der Waals surface area contributed by atoms with Crippen molar-refractivity contribution in [3.63, 3.8) is 0 Å². The van der Waals surface area contributed by atoms with E-state index in [9.17, 15) is 4.79 Å². The number of aromatic nitrogens is 3. The zero-order valence-electron chi connectivity index (χ0n) is 14.6. The number of carbonyl (C=O) groups excluding carboxylic acids is 1. The Morgan fingerprint density at radius 1 is 1.36 bits per heavy atom. The van der Waals surface area contributed by atoms with Crippen molar-refractivity contribution >= 4 is 11.7 Å². The maximum Gasteiger partial charge on any atom is 0.321 e. The van der Waals surface area contributed by atoms with E-state index in [1.54, 1.807) is 17.1 Å². The zero-order chi connectivity index (χ0) is 17.5. The fourth-order valence-electron chi connectivity index (χ4n) is 2.99. The Bertz CT molecular complexity index is 674. The lowest BCUT2D eigenvalue weighted by Gasteiger charge is -2.21. The molecule has 7 heteroatoms. The molecule has 0 bridgehead atoms. The number of hydrogen-bond donors (Lipinski definition) is 1. The SMILES string of the molecule is CCCO[C@@H]1CCCN(C(=O)Nc2cccc(-n3ccnn3)c2)CC1. The number of nitrogens with zero attached hydrogens (tertiary/aromatic N) is 4. The predicted molar refractivity (Wildman–Crippen MR) is 95.8 cm³/mol. The molecule has 1 fully saturated rings. The van der Waals surface area contributed by atoms with E-state index in [0.717, 1.165) is 56.8 Å². The Balaban J connectivity index is 1.58. The number of amides is 2. The van der Waals surface area contributed by atoms with E-state index in [1.807, 2.05) is 29.2 Å². The van der Waals surface area contributed by atoms with Crippen LogP contribution in [0.4, 0.5) is 10.5 Å². The quantitative estimate of drug-likeness (QED) is 0.905. The van der Waals surface area contributed by atoms with Crippen LogP contribution in [-0.2, 0) is 4.74 Å². The standard InChI is InChI=1S/C18H25N5O2/c1-2-13-25-17-7-4-10-22(11-8-17)18(24)20-15-5-3-6-16(14-15)23-12-9-19-21-23/h3,5-6,9,12,14,17H,2,4,7-8,10-11,13H2,1H3,(H,20,24)/t17-/m1/s1. The summed E-state index contributed by atoms with van der Waals surface area (Å²) in [6.07, 6.45) is 7.58. The fraction of sp³-hybridized carbons (Fsp3) is 0.500. The van der Waals surface area contributed by atoms with E-state index < -0.39 is 0 Å². The molecule has 2 aromatic rings. The van der Waals surface area contributed by atoms with Gasteiger partial charge < -0.3 is 15.0 Å². The van der Waals surface area contributed by atoms with Gasteiger partial charge in [0.1, 0.15) is 0 Å². The number of likely N-dealkylation sites (tertiary alicyclic amines) is 1. The van der Waals surface area contributed by atoms with Crippen LogP contribution in [0, 0.1) is 0 Å². The van der Waals surface area contributed by atoms with E-state index >= 15 is 0 Å². The van der Waals surface area contributed by atoms with Gasteiger partial charge in [0.2, 0.25) is 0 Å². The van der Waals surface area contributed by atoms with E-state index in [-0.39, 0.29) is 12.1 Å². The zero-order valence-corrected chi connectivity index (χ0v) is 14.6. The molecule has 2 heterocycles. The van der Waals surface area contributed by atoms with Gasteiger partial charge in [-0.3, -0.25) is 0 Å². The lowest BCUT2D eigenvalue weighted by atomic mass is 10.2. The van der Waals surface area contributed by atoms with E-state index in [0.29, 0.717) is 0 Å². The molecule has 1 aliphatic heterocycles. The van der Waals surface area contributed by atoms with Gasteiger partial charge in [0, 0.05) is 25.4 Å². The third kappa shape index (κ3) is 4.79. The third-order valence-electron chi connectivity index (χ3n) is 4.30. The van der Waals surface area contributed by atoms with Crippen LogP contribution in [-0.4, -0.2) is 51.7 Å². The van der Waals surface area contributed by atoms with Crippen LogP contribution in [0.5, 0.6) is 0 Å². The predicted octanol–water partition coefficient (Wildman–Crippen LogP) is 3.08. The average Bonchev–Trinajstić information content (AvgIpc) is 3.06. The smallest absolute Gasteiger partial charge is 0.321 e. The normalized spacial score (nSPS) is 18.0. The van der Waals surface area contributed by atoms with Crippen molar-refractivity contribution in [2.45, 2.75) is 38.7 Å². The van der Waals surface area contributed by atoms with E-state index in [4.69, 9.17) is 4.74 Å². The Morgan fingerprint density at radius 2 is 2.28 bits per heavy atom. The summed E-state index contributed by atoms with van der Waals surface area (Å²) < 4.78 is 7.51. The molecule has 1 N–H and O–H groups in total. The summed E-state index contributed by atoms with van der Waals surface area (Å²) in [5.41, 5.74) is 1.61. The highest BCUT2D eigenvalue weighted by Gasteiger charge is 2.21. The maximum atomic E-state index is 12.6. The van der Waals surface area contributed by atoms with Gasteiger partial charge in [-0.1, -0.05) is 18.2 Å². The van der Waals surface area contributed by atoms with Crippen LogP contribution < -0.4 is 5.32 Å². The second kappa shape index (κ2) is 8.62. The molecule has 3 rings (SSSR count). The summed E-state index contributed by atoms with van der Waals surface area (Å²) in [5, 5.41) is 10.8. The number of hydrogen-bond acceptors (Lipinski definition) is 4. The van der Waals surface area contributed by atoms with Gasteiger partial charge in [-0.25, -0.2) is 9.48 Å². The Morgan fingerprint density at radius 3 is 3.08 bits per heavy atom. The van der Waals surface area contributed by atoms with Crippen molar-refractivity contribution in [3.05, 3.63) is 36.7 Å². The number of urea groups is 1. The molecule has 0 unspecified atom stereocenters. The molecule has 0 saturated carbocycles. The monoisotopic (exact) mass is 343 g/mol. The number of ether oxygens (including phenoxy) is 1. The first-order chi connectivity index (χ1) is 12.3. The second-order valence-electron chi connectivity index (χ2n) is 6.24. The summed E-state index contributed by atoms with van der Waals surface area (Å²) in [6.45, 7) is 4.40. The van der Waals surface area contributed by atoms with Crippen molar-refractivity contribution in [2.75, 3.05) is 25.0 Å². The molecule has 7 nitrogen and oxygen atoms in total. The second-order valence-corrected chi connectivity index (χ2v) is 6.24. The third-order valence-corrected chi connectivity index (χ3v) is 4.30. The van der Waals surface area contributed by atoms with Gasteiger partial charge >= 0.3 is 6.03 Å². The van der Waals surface area contributed by atoms with Gasteiger partial charge in [0.25, 0.3) is 0 Å². The molecule has 0 spiro atoms. The molecule has 134 valence electrons. The number of anilines is 1. The number of rotatable bonds is 5. The molecule has 0 aliphatic carbocycles. The minimum absolute atomic E-state index is 0.0631. The summed E-state index contributed by atoms with van der Waals surface area (Å²) in [4.78, 5) is 14.5. The Kier molecular flexibility index (Phi) is 6.00. The summed E-state index contributed by atoms with van der Waals surface area (Å²) in [5.74, 6) is 0. The van der Waals surface area contributed by atoms with Gasteiger partial charge in [0.15, 0.2) is 0 Å². The highest BCUT2D eigenvalue weighted by atomic mass is 16.5. The topological polar surface area (TPSA) is 72.3 Å². The average molecular weight is 343 g/mol. The Hall–Kier alpha value is -2.41. The van der Waals surface area contributed by atoms with Crippen molar-refractivity contribution in [2.24, 2.45) is 0 Å². The molecule has 1 aliphatic rings. The highest BCUT2D eigenvalue weighted by Crippen LogP contribution is 2.17. The van der Waals surface area contributed by atoms with Crippen molar-refractivity contribution in [1.29, 1.82) is 0 Å². The van der Waals surface area contributed by atoms with Gasteiger partial charge in [-0.15, -0.1) is 5.10 Å². The molecule has 1 aromatic heterocycles. The largest absolute Gasteiger partial charge is 0.378 e. The van der Waals surface area contributed by atoms with Gasteiger partial charge in [-0.05, 0) is 43.9 Å². The lowest BCUT2D eigenvalue weighted by Crippen LogP contribution is -2.36. The number of carbonyl (C=O) groups is 1. The van der Waals surface area contributed by atoms with Crippen LogP contribution in [0.3, 0.4) is 0 Å². The van der Waals surface area contributed by atoms with Gasteiger partial charge in [0.05, 0.1) is 24.2 Å². The first-order valence-electron chi connectivity index (χ1n) is 8.90. The first-order valence-corrected chi connectivity index (χ1v) is 8.90. The van der Waals surface area contributed by atoms with Crippen molar-refractivity contribution < 1.29 is 9.53 Å². The van der Waals surface area contributed by atoms with Crippen molar-refractivity contribution in [1.82, 2.24) is 19.9 Å². The fourth-order valence-corrected chi connectivity index (χ4v) is 2.99. The summed E-state index contributed by atoms with van der Waals surface area (Å²) in [7, 11) is 0. The molecular formula is C18H25N5O2. The molecule has 1 atom stereocenters. The molecule has 0 radical (unpaired) electrons. The van der Waals surface area contributed by atoms with Crippen LogP contribution in [0.15, 0.2) is 36.7 Å². The number of nitrogens with one attached hydrogen (secondary N) is 1. The maximum absolute atomic E-state index is 12.6. The molecular weight excluding hydrogens is 318 g/mol. The summed E-state index contributed by atoms with van der Waals surface area (Å²) in [6, 6.07) is 7.52. The van der Waals surface area contributed by atoms with Gasteiger partial charge in [-0.2, -0.15) is 0 Å². The van der Waals surface area contributed by atoms with E-state index in [1.165, 1.54) is 0 Å².